The van der Waals surface area contributed by atoms with Crippen LogP contribution >= 0.6 is 0 Å². The summed E-state index contributed by atoms with van der Waals surface area (Å²) in [5.41, 5.74) is 9.61. The molecule has 2 aliphatic rings. The summed E-state index contributed by atoms with van der Waals surface area (Å²) >= 11 is 0. The molecule has 0 aromatic heterocycles. The van der Waals surface area contributed by atoms with Crippen LogP contribution in [0.1, 0.15) is 48.9 Å². The molecular formula is C15H18. The van der Waals surface area contributed by atoms with Crippen LogP contribution in [0, 0.1) is 0 Å². The first kappa shape index (κ1) is 9.21. The predicted octanol–water partition coefficient (Wildman–Crippen LogP) is 3.91. The molecule has 0 saturated heterocycles. The Bertz CT molecular complexity index is 449. The van der Waals surface area contributed by atoms with Crippen molar-refractivity contribution < 1.29 is 0 Å². The molecule has 15 heavy (non-hydrogen) atoms. The zero-order valence-corrected chi connectivity index (χ0v) is 9.69. The quantitative estimate of drug-likeness (QED) is 0.593. The van der Waals surface area contributed by atoms with Crippen molar-refractivity contribution in [2.75, 3.05) is 0 Å². The Balaban J connectivity index is 2.18. The maximum absolute atomic E-state index is 2.37. The molecule has 0 nitrogen and oxygen atoms in total. The highest BCUT2D eigenvalue weighted by molar-refractivity contribution is 5.76. The highest BCUT2D eigenvalue weighted by Gasteiger charge is 2.21. The largest absolute Gasteiger partial charge is 0.0654 e. The minimum absolute atomic E-state index is 1.21. The van der Waals surface area contributed by atoms with E-state index in [0.717, 1.165) is 0 Å². The van der Waals surface area contributed by atoms with E-state index in [4.69, 9.17) is 0 Å². The molecule has 3 rings (SSSR count). The normalized spacial score (nSPS) is 19.1. The second kappa shape index (κ2) is 3.23. The second-order valence-corrected chi connectivity index (χ2v) is 5.02. The number of benzene rings is 1. The topological polar surface area (TPSA) is 0 Å². The van der Waals surface area contributed by atoms with Crippen molar-refractivity contribution in [1.29, 1.82) is 0 Å². The lowest BCUT2D eigenvalue weighted by Gasteiger charge is -2.19. The van der Waals surface area contributed by atoms with Gasteiger partial charge >= 0.3 is 0 Å². The van der Waals surface area contributed by atoms with E-state index >= 15 is 0 Å². The van der Waals surface area contributed by atoms with Crippen molar-refractivity contribution in [1.82, 2.24) is 0 Å². The van der Waals surface area contributed by atoms with Crippen LogP contribution in [0.4, 0.5) is 0 Å². The van der Waals surface area contributed by atoms with Gasteiger partial charge in [0, 0.05) is 0 Å². The van der Waals surface area contributed by atoms with Gasteiger partial charge in [0.15, 0.2) is 0 Å². The number of hydrogen-bond acceptors (Lipinski definition) is 0. The Hall–Kier alpha value is -1.04. The molecular weight excluding hydrogens is 180 g/mol. The van der Waals surface area contributed by atoms with Crippen molar-refractivity contribution in [2.45, 2.75) is 46.0 Å². The van der Waals surface area contributed by atoms with Gasteiger partial charge in [-0.15, -0.1) is 0 Å². The lowest BCUT2D eigenvalue weighted by Crippen LogP contribution is -2.06. The number of aryl methyl sites for hydroxylation is 1. The zero-order valence-electron chi connectivity index (χ0n) is 9.69. The second-order valence-electron chi connectivity index (χ2n) is 5.02. The number of rotatable bonds is 0. The fourth-order valence-corrected chi connectivity index (χ4v) is 3.09. The number of allylic oxidation sites excluding steroid dienone is 2. The average molecular weight is 198 g/mol. The van der Waals surface area contributed by atoms with Gasteiger partial charge < -0.3 is 0 Å². The lowest BCUT2D eigenvalue weighted by atomic mass is 9.86. The van der Waals surface area contributed by atoms with Crippen molar-refractivity contribution >= 4 is 5.57 Å². The van der Waals surface area contributed by atoms with E-state index in [1.54, 1.807) is 22.3 Å². The molecule has 0 spiro atoms. The summed E-state index contributed by atoms with van der Waals surface area (Å²) in [5, 5.41) is 0. The van der Waals surface area contributed by atoms with Gasteiger partial charge in [-0.05, 0) is 73.8 Å². The molecule has 0 aliphatic heterocycles. The van der Waals surface area contributed by atoms with Crippen molar-refractivity contribution in [3.8, 4) is 0 Å². The third-order valence-electron chi connectivity index (χ3n) is 4.14. The average Bonchev–Trinajstić information content (AvgIpc) is 2.56. The first-order chi connectivity index (χ1) is 7.27. The van der Waals surface area contributed by atoms with E-state index in [1.165, 1.54) is 43.2 Å². The highest BCUT2D eigenvalue weighted by Crippen LogP contribution is 2.37. The monoisotopic (exact) mass is 198 g/mol. The molecule has 0 fully saturated rings. The lowest BCUT2D eigenvalue weighted by molar-refractivity contribution is 0.680. The zero-order chi connectivity index (χ0) is 10.4. The molecule has 2 aliphatic carbocycles. The molecule has 78 valence electrons. The molecule has 1 aromatic carbocycles. The molecule has 0 atom stereocenters. The van der Waals surface area contributed by atoms with Gasteiger partial charge in [0.05, 0.1) is 0 Å². The van der Waals surface area contributed by atoms with Gasteiger partial charge in [0.2, 0.25) is 0 Å². The van der Waals surface area contributed by atoms with Crippen LogP contribution in [0.3, 0.4) is 0 Å². The molecule has 0 heterocycles. The van der Waals surface area contributed by atoms with Gasteiger partial charge in [-0.25, -0.2) is 0 Å². The van der Waals surface area contributed by atoms with Gasteiger partial charge in [-0.1, -0.05) is 17.7 Å². The summed E-state index contributed by atoms with van der Waals surface area (Å²) in [6.07, 6.45) is 6.61. The highest BCUT2D eigenvalue weighted by atomic mass is 14.3. The maximum atomic E-state index is 2.37. The maximum Gasteiger partial charge on any atom is -0.00551 e. The van der Waals surface area contributed by atoms with Crippen LogP contribution in [0.15, 0.2) is 17.7 Å². The van der Waals surface area contributed by atoms with Gasteiger partial charge in [0.25, 0.3) is 0 Å². The molecule has 0 unspecified atom stereocenters. The van der Waals surface area contributed by atoms with E-state index in [1.807, 2.05) is 0 Å². The molecule has 1 aromatic rings. The first-order valence-electron chi connectivity index (χ1n) is 6.07. The molecule has 0 heteroatoms. The molecule has 0 radical (unpaired) electrons. The third kappa shape index (κ3) is 1.27. The minimum Gasteiger partial charge on any atom is -0.0654 e. The standard InChI is InChI=1S/C15H18/c1-10-9-15-13(11(10)2)8-7-12-5-3-4-6-14(12)15/h7-8H,3-6,9H2,1-2H3. The van der Waals surface area contributed by atoms with Crippen LogP contribution < -0.4 is 0 Å². The van der Waals surface area contributed by atoms with Crippen LogP contribution in [0.5, 0.6) is 0 Å². The van der Waals surface area contributed by atoms with E-state index in [2.05, 4.69) is 26.0 Å². The predicted molar refractivity (Wildman–Crippen MR) is 65.1 cm³/mol. The Kier molecular flexibility index (Phi) is 1.98. The van der Waals surface area contributed by atoms with E-state index in [-0.39, 0.29) is 0 Å². The number of fused-ring (bicyclic) bond motifs is 3. The smallest absolute Gasteiger partial charge is 0.00551 e. The molecule has 0 amide bonds. The first-order valence-corrected chi connectivity index (χ1v) is 6.07. The van der Waals surface area contributed by atoms with Crippen molar-refractivity contribution in [2.24, 2.45) is 0 Å². The summed E-state index contributed by atoms with van der Waals surface area (Å²) in [6.45, 7) is 4.56. The Labute approximate surface area is 92.0 Å². The van der Waals surface area contributed by atoms with E-state index < -0.39 is 0 Å². The van der Waals surface area contributed by atoms with Gasteiger partial charge in [0.1, 0.15) is 0 Å². The molecule has 0 saturated carbocycles. The van der Waals surface area contributed by atoms with Crippen LogP contribution in [-0.4, -0.2) is 0 Å². The fraction of sp³-hybridized carbons (Fsp3) is 0.467. The summed E-state index contributed by atoms with van der Waals surface area (Å²) in [5.74, 6) is 0. The SMILES string of the molecule is CC1=C(C)c2ccc3c(c2C1)CCCC3. The summed E-state index contributed by atoms with van der Waals surface area (Å²) in [4.78, 5) is 0. The Morgan fingerprint density at radius 3 is 2.60 bits per heavy atom. The molecule has 0 N–H and O–H groups in total. The third-order valence-corrected chi connectivity index (χ3v) is 4.14. The van der Waals surface area contributed by atoms with Crippen LogP contribution in [0.2, 0.25) is 0 Å². The van der Waals surface area contributed by atoms with Crippen LogP contribution in [-0.2, 0) is 19.3 Å². The van der Waals surface area contributed by atoms with Gasteiger partial charge in [-0.2, -0.15) is 0 Å². The van der Waals surface area contributed by atoms with Crippen molar-refractivity contribution in [3.05, 3.63) is 40.0 Å². The van der Waals surface area contributed by atoms with E-state index in [9.17, 15) is 0 Å². The van der Waals surface area contributed by atoms with Crippen LogP contribution in [0.25, 0.3) is 5.57 Å². The fourth-order valence-electron chi connectivity index (χ4n) is 3.09. The van der Waals surface area contributed by atoms with Gasteiger partial charge in [-0.3, -0.25) is 0 Å². The Morgan fingerprint density at radius 2 is 1.73 bits per heavy atom. The Morgan fingerprint density at radius 1 is 0.933 bits per heavy atom. The minimum atomic E-state index is 1.21. The number of hydrogen-bond donors (Lipinski definition) is 0. The van der Waals surface area contributed by atoms with Crippen molar-refractivity contribution in [3.63, 3.8) is 0 Å². The summed E-state index contributed by atoms with van der Waals surface area (Å²) < 4.78 is 0. The summed E-state index contributed by atoms with van der Waals surface area (Å²) in [6, 6.07) is 4.72. The van der Waals surface area contributed by atoms with E-state index in [0.29, 0.717) is 0 Å². The molecule has 0 bridgehead atoms. The summed E-state index contributed by atoms with van der Waals surface area (Å²) in [7, 11) is 0.